The van der Waals surface area contributed by atoms with E-state index in [0.29, 0.717) is 0 Å². The Morgan fingerprint density at radius 2 is 1.79 bits per heavy atom. The van der Waals surface area contributed by atoms with Crippen molar-refractivity contribution in [2.24, 2.45) is 0 Å². The summed E-state index contributed by atoms with van der Waals surface area (Å²) in [4.78, 5) is 35.4. The zero-order chi connectivity index (χ0) is 14.4. The van der Waals surface area contributed by atoms with Gasteiger partial charge < -0.3 is 9.84 Å². The number of imide groups is 3. The number of hydrogen-bond donors (Lipinski definition) is 1. The number of ether oxygens (including phenoxy) is 1. The molecule has 0 aromatic heterocycles. The molecule has 0 saturated carbocycles. The fourth-order valence-electron chi connectivity index (χ4n) is 1.89. The molecule has 19 heavy (non-hydrogen) atoms. The minimum Gasteiger partial charge on any atom is -0.434 e. The van der Waals surface area contributed by atoms with E-state index >= 15 is 0 Å². The number of hydrogen-bond acceptors (Lipinski definition) is 4. The zero-order valence-electron chi connectivity index (χ0n) is 9.59. The van der Waals surface area contributed by atoms with Crippen molar-refractivity contribution < 1.29 is 24.2 Å². The number of carbonyl (C=O) groups is 3. The molecule has 1 aromatic carbocycles. The fraction of sp³-hybridized carbons (Fsp3) is 0.182. The molecule has 1 aromatic rings. The first kappa shape index (κ1) is 13.8. The van der Waals surface area contributed by atoms with Crippen molar-refractivity contribution in [1.82, 2.24) is 4.48 Å². The molecule has 0 radical (unpaired) electrons. The Morgan fingerprint density at radius 3 is 2.16 bits per heavy atom. The molecule has 1 aliphatic rings. The van der Waals surface area contributed by atoms with Crippen LogP contribution in [0.1, 0.15) is 6.92 Å². The Hall–Kier alpha value is -1.63. The topological polar surface area (TPSA) is 80.7 Å². The molecule has 1 aliphatic heterocycles. The van der Waals surface area contributed by atoms with Crippen LogP contribution in [-0.2, 0) is 9.53 Å². The molecule has 8 heteroatoms. The number of rotatable bonds is 1. The highest BCUT2D eigenvalue weighted by molar-refractivity contribution is 6.36. The summed E-state index contributed by atoms with van der Waals surface area (Å²) in [5.74, 6) is -0.907. The van der Waals surface area contributed by atoms with Crippen LogP contribution in [0, 0.1) is 0 Å². The summed E-state index contributed by atoms with van der Waals surface area (Å²) in [7, 11) is 0. The molecular weight excluding hydrogens is 297 g/mol. The molecule has 1 fully saturated rings. The van der Waals surface area contributed by atoms with Gasteiger partial charge in [0.25, 0.3) is 0 Å². The van der Waals surface area contributed by atoms with Crippen molar-refractivity contribution in [2.75, 3.05) is 0 Å². The van der Waals surface area contributed by atoms with Gasteiger partial charge in [0.1, 0.15) is 0 Å². The third kappa shape index (κ3) is 1.88. The molecule has 6 nitrogen and oxygen atoms in total. The second-order valence-electron chi connectivity index (χ2n) is 3.95. The average Bonchev–Trinajstić information content (AvgIpc) is 2.49. The Kier molecular flexibility index (Phi) is 3.25. The number of cyclic esters (lactones) is 1. The van der Waals surface area contributed by atoms with Gasteiger partial charge >= 0.3 is 18.1 Å². The van der Waals surface area contributed by atoms with E-state index in [4.69, 9.17) is 27.9 Å². The summed E-state index contributed by atoms with van der Waals surface area (Å²) >= 11 is 11.6. The van der Waals surface area contributed by atoms with Gasteiger partial charge in [-0.2, -0.15) is 9.59 Å². The molecular formula is C11H8Cl2NO5+. The van der Waals surface area contributed by atoms with Gasteiger partial charge in [-0.15, -0.1) is 0 Å². The van der Waals surface area contributed by atoms with Crippen LogP contribution in [0.2, 0.25) is 10.0 Å². The SMILES string of the molecule is CC1OC(=O)[N+](C(=O)O)(c2cc(Cl)cc(Cl)c2)C1=O. The van der Waals surface area contributed by atoms with Crippen molar-refractivity contribution in [1.29, 1.82) is 0 Å². The largest absolute Gasteiger partial charge is 0.540 e. The molecule has 0 aliphatic carbocycles. The van der Waals surface area contributed by atoms with Crippen molar-refractivity contribution in [3.63, 3.8) is 0 Å². The van der Waals surface area contributed by atoms with E-state index in [0.717, 1.165) is 0 Å². The first-order valence-electron chi connectivity index (χ1n) is 5.15. The maximum Gasteiger partial charge on any atom is 0.540 e. The van der Waals surface area contributed by atoms with Crippen LogP contribution in [0.4, 0.5) is 15.3 Å². The molecule has 0 bridgehead atoms. The van der Waals surface area contributed by atoms with Crippen LogP contribution in [0.15, 0.2) is 18.2 Å². The third-order valence-corrected chi connectivity index (χ3v) is 3.19. The van der Waals surface area contributed by atoms with Gasteiger partial charge in [0.15, 0.2) is 5.69 Å². The van der Waals surface area contributed by atoms with E-state index in [1.165, 1.54) is 25.1 Å². The summed E-state index contributed by atoms with van der Waals surface area (Å²) in [6.45, 7) is 1.30. The molecule has 100 valence electrons. The number of halogens is 2. The molecule has 2 unspecified atom stereocenters. The van der Waals surface area contributed by atoms with Crippen molar-refractivity contribution >= 4 is 47.0 Å². The Bertz CT molecular complexity index is 582. The van der Waals surface area contributed by atoms with Crippen molar-refractivity contribution in [2.45, 2.75) is 13.0 Å². The highest BCUT2D eigenvalue weighted by Gasteiger charge is 2.65. The summed E-state index contributed by atoms with van der Waals surface area (Å²) in [5, 5.41) is 9.55. The lowest BCUT2D eigenvalue weighted by molar-refractivity contribution is -0.127. The quantitative estimate of drug-likeness (QED) is 0.807. The number of benzene rings is 1. The second kappa shape index (κ2) is 4.48. The van der Waals surface area contributed by atoms with Crippen LogP contribution in [-0.4, -0.2) is 29.3 Å². The lowest BCUT2D eigenvalue weighted by Gasteiger charge is -2.18. The van der Waals surface area contributed by atoms with Crippen LogP contribution in [0.3, 0.4) is 0 Å². The maximum atomic E-state index is 12.1. The van der Waals surface area contributed by atoms with Gasteiger partial charge in [-0.1, -0.05) is 23.2 Å². The van der Waals surface area contributed by atoms with Crippen LogP contribution in [0.5, 0.6) is 0 Å². The molecule has 1 saturated heterocycles. The van der Waals surface area contributed by atoms with Crippen molar-refractivity contribution in [3.05, 3.63) is 28.2 Å². The fourth-order valence-corrected chi connectivity index (χ4v) is 2.41. The summed E-state index contributed by atoms with van der Waals surface area (Å²) in [5.41, 5.74) is -0.163. The number of nitrogens with zero attached hydrogens (tertiary/aromatic N) is 1. The predicted octanol–water partition coefficient (Wildman–Crippen LogP) is 3.04. The number of quaternary nitrogens is 1. The minimum atomic E-state index is -1.67. The second-order valence-corrected chi connectivity index (χ2v) is 4.82. The average molecular weight is 305 g/mol. The maximum absolute atomic E-state index is 12.1. The van der Waals surface area contributed by atoms with Gasteiger partial charge in [0, 0.05) is 22.2 Å². The smallest absolute Gasteiger partial charge is 0.434 e. The van der Waals surface area contributed by atoms with Crippen LogP contribution >= 0.6 is 23.2 Å². The molecule has 1 N–H and O–H groups in total. The molecule has 2 rings (SSSR count). The lowest BCUT2D eigenvalue weighted by Crippen LogP contribution is -2.58. The summed E-state index contributed by atoms with van der Waals surface area (Å²) < 4.78 is 3.11. The lowest BCUT2D eigenvalue weighted by atomic mass is 10.2. The third-order valence-electron chi connectivity index (χ3n) is 2.75. The molecule has 0 spiro atoms. The number of carbonyl (C=O) groups excluding carboxylic acids is 2. The zero-order valence-corrected chi connectivity index (χ0v) is 11.1. The highest BCUT2D eigenvalue weighted by atomic mass is 35.5. The number of amides is 3. The van der Waals surface area contributed by atoms with Crippen LogP contribution < -0.4 is 4.48 Å². The minimum absolute atomic E-state index is 0.112. The predicted molar refractivity (Wildman–Crippen MR) is 67.2 cm³/mol. The standard InChI is InChI=1S/C11H7Cl2NO5/c1-5-9(15)14(10(16)17,11(18)19-5)8-3-6(12)2-7(13)4-8/h2-5H,1H3/p+1. The summed E-state index contributed by atoms with van der Waals surface area (Å²) in [6, 6.07) is 3.75. The van der Waals surface area contributed by atoms with Gasteiger partial charge in [-0.05, 0) is 17.5 Å². The monoisotopic (exact) mass is 304 g/mol. The Balaban J connectivity index is 2.74. The highest BCUT2D eigenvalue weighted by Crippen LogP contribution is 2.35. The summed E-state index contributed by atoms with van der Waals surface area (Å²) in [6.07, 6.45) is -4.01. The molecule has 2 atom stereocenters. The van der Waals surface area contributed by atoms with E-state index < -0.39 is 28.7 Å². The Morgan fingerprint density at radius 1 is 1.26 bits per heavy atom. The van der Waals surface area contributed by atoms with E-state index in [1.807, 2.05) is 0 Å². The van der Waals surface area contributed by atoms with Gasteiger partial charge in [-0.25, -0.2) is 4.79 Å². The van der Waals surface area contributed by atoms with E-state index in [-0.39, 0.29) is 15.7 Å². The van der Waals surface area contributed by atoms with E-state index in [2.05, 4.69) is 0 Å². The molecule has 3 amide bonds. The van der Waals surface area contributed by atoms with Gasteiger partial charge in [0.2, 0.25) is 6.10 Å². The first-order valence-corrected chi connectivity index (χ1v) is 5.90. The van der Waals surface area contributed by atoms with Gasteiger partial charge in [0.05, 0.1) is 0 Å². The van der Waals surface area contributed by atoms with Crippen molar-refractivity contribution in [3.8, 4) is 0 Å². The number of carboxylic acid groups (broad SMARTS) is 1. The van der Waals surface area contributed by atoms with Crippen LogP contribution in [0.25, 0.3) is 0 Å². The van der Waals surface area contributed by atoms with E-state index in [9.17, 15) is 19.5 Å². The Labute approximate surface area is 117 Å². The van der Waals surface area contributed by atoms with Gasteiger partial charge in [-0.3, -0.25) is 0 Å². The molecule has 1 heterocycles. The first-order chi connectivity index (χ1) is 8.80. The van der Waals surface area contributed by atoms with E-state index in [1.54, 1.807) is 0 Å². The normalized spacial score (nSPS) is 26.4.